The monoisotopic (exact) mass is 838 g/mol. The number of ether oxygens (including phenoxy) is 7. The van der Waals surface area contributed by atoms with E-state index in [0.29, 0.717) is 25.9 Å². The molecule has 0 radical (unpaired) electrons. The Kier molecular flexibility index (Phi) is 17.8. The highest BCUT2D eigenvalue weighted by molar-refractivity contribution is 9.10. The van der Waals surface area contributed by atoms with Gasteiger partial charge in [0.1, 0.15) is 6.10 Å². The zero-order valence-corrected chi connectivity index (χ0v) is 34.1. The van der Waals surface area contributed by atoms with Gasteiger partial charge in [-0.1, -0.05) is 80.6 Å². The van der Waals surface area contributed by atoms with Crippen molar-refractivity contribution in [2.45, 2.75) is 147 Å². The molecule has 1 aromatic rings. The predicted octanol–water partition coefficient (Wildman–Crippen LogP) is 5.91. The molecule has 14 heteroatoms. The molecule has 0 unspecified atom stereocenters. The van der Waals surface area contributed by atoms with Gasteiger partial charge >= 0.3 is 17.9 Å². The highest BCUT2D eigenvalue weighted by Gasteiger charge is 2.57. The molecule has 0 aliphatic carbocycles. The lowest BCUT2D eigenvalue weighted by Crippen LogP contribution is -2.62. The van der Waals surface area contributed by atoms with Gasteiger partial charge in [-0.25, -0.2) is 4.79 Å². The Labute approximate surface area is 332 Å². The van der Waals surface area contributed by atoms with Crippen LogP contribution in [0.5, 0.6) is 0 Å². The lowest BCUT2D eigenvalue weighted by molar-refractivity contribution is -0.327. The van der Waals surface area contributed by atoms with Crippen LogP contribution in [0, 0.1) is 5.41 Å². The van der Waals surface area contributed by atoms with Crippen LogP contribution in [0.15, 0.2) is 52.5 Å². The van der Waals surface area contributed by atoms with Gasteiger partial charge in [-0.15, -0.1) is 0 Å². The lowest BCUT2D eigenvalue weighted by atomic mass is 9.74. The van der Waals surface area contributed by atoms with Crippen LogP contribution in [-0.2, 0) is 47.5 Å². The van der Waals surface area contributed by atoms with Crippen LogP contribution in [-0.4, -0.2) is 103 Å². The van der Waals surface area contributed by atoms with E-state index in [1.165, 1.54) is 13.2 Å². The fourth-order valence-electron chi connectivity index (χ4n) is 7.06. The normalized spacial score (nSPS) is 32.2. The van der Waals surface area contributed by atoms with Gasteiger partial charge in [-0.05, 0) is 55.0 Å². The highest BCUT2D eigenvalue weighted by Crippen LogP contribution is 2.47. The third kappa shape index (κ3) is 13.5. The van der Waals surface area contributed by atoms with Crippen molar-refractivity contribution < 1.29 is 62.9 Å². The number of carbonyl (C=O) groups excluding carboxylic acids is 3. The minimum absolute atomic E-state index is 0.0185. The number of esters is 3. The number of aliphatic hydroxyl groups excluding tert-OH is 2. The van der Waals surface area contributed by atoms with E-state index in [1.807, 2.05) is 24.3 Å². The molecule has 0 aromatic heterocycles. The van der Waals surface area contributed by atoms with E-state index in [2.05, 4.69) is 22.9 Å². The number of cyclic esters (lactones) is 1. The molecule has 55 heavy (non-hydrogen) atoms. The summed E-state index contributed by atoms with van der Waals surface area (Å²) in [5.41, 5.74) is -0.191. The SMILES string of the molecule is CCCCCCCC(=O)O[C@H]1/C(=C/C(=O)OC)C[C@H]2C[C@H](CO)OC(=O)C[C@H](O)CCO[C@H](c3cccc(Br)c3)C[C@@H]3CCO[C@H](/C=C/C(C)(C)[C@]1(O)O2)O3. The summed E-state index contributed by atoms with van der Waals surface area (Å²) < 4.78 is 42.5. The minimum Gasteiger partial charge on any atom is -0.466 e. The molecule has 2 fully saturated rings. The molecule has 13 nitrogen and oxygen atoms in total. The van der Waals surface area contributed by atoms with Gasteiger partial charge in [0.2, 0.25) is 5.79 Å². The number of rotatable bonds is 10. The van der Waals surface area contributed by atoms with Gasteiger partial charge in [0.25, 0.3) is 0 Å². The van der Waals surface area contributed by atoms with Crippen LogP contribution in [0.25, 0.3) is 0 Å². The second-order valence-corrected chi connectivity index (χ2v) is 16.0. The molecule has 8 atom stereocenters. The molecule has 0 amide bonds. The molecule has 0 saturated carbocycles. The van der Waals surface area contributed by atoms with Crippen molar-refractivity contribution in [2.24, 2.45) is 5.41 Å². The van der Waals surface area contributed by atoms with E-state index in [9.17, 15) is 29.7 Å². The Morgan fingerprint density at radius 1 is 1.04 bits per heavy atom. The average molecular weight is 840 g/mol. The molecule has 3 aliphatic rings. The van der Waals surface area contributed by atoms with Crippen molar-refractivity contribution in [3.8, 4) is 0 Å². The van der Waals surface area contributed by atoms with E-state index in [0.717, 1.165) is 35.7 Å². The van der Waals surface area contributed by atoms with Crippen LogP contribution >= 0.6 is 15.9 Å². The van der Waals surface area contributed by atoms with E-state index in [4.69, 9.17) is 33.2 Å². The summed E-state index contributed by atoms with van der Waals surface area (Å²) in [6, 6.07) is 7.74. The maximum Gasteiger partial charge on any atom is 0.330 e. The number of benzene rings is 1. The van der Waals surface area contributed by atoms with Gasteiger partial charge in [0, 0.05) is 41.8 Å². The van der Waals surface area contributed by atoms with Gasteiger partial charge in [0.05, 0.1) is 51.2 Å². The molecule has 308 valence electrons. The highest BCUT2D eigenvalue weighted by atomic mass is 79.9. The number of unbranched alkanes of at least 4 members (excludes halogenated alkanes) is 4. The molecular formula is C41H59BrO13. The molecule has 3 heterocycles. The third-order valence-corrected chi connectivity index (χ3v) is 10.8. The molecule has 3 N–H and O–H groups in total. The first-order valence-electron chi connectivity index (χ1n) is 19.5. The second-order valence-electron chi connectivity index (χ2n) is 15.1. The van der Waals surface area contributed by atoms with Crippen molar-refractivity contribution >= 4 is 33.8 Å². The van der Waals surface area contributed by atoms with Gasteiger partial charge in [0.15, 0.2) is 12.4 Å². The van der Waals surface area contributed by atoms with Gasteiger partial charge < -0.3 is 48.5 Å². The topological polar surface area (TPSA) is 177 Å². The zero-order valence-electron chi connectivity index (χ0n) is 32.5. The Hall–Kier alpha value is -2.69. The molecule has 4 bridgehead atoms. The van der Waals surface area contributed by atoms with Crippen LogP contribution < -0.4 is 0 Å². The summed E-state index contributed by atoms with van der Waals surface area (Å²) in [6.45, 7) is 5.47. The average Bonchev–Trinajstić information content (AvgIpc) is 3.14. The summed E-state index contributed by atoms with van der Waals surface area (Å²) in [4.78, 5) is 39.0. The van der Waals surface area contributed by atoms with E-state index in [1.54, 1.807) is 26.0 Å². The molecule has 4 rings (SSSR count). The van der Waals surface area contributed by atoms with E-state index in [-0.39, 0.29) is 50.4 Å². The molecule has 0 spiro atoms. The number of aliphatic hydroxyl groups is 3. The zero-order chi connectivity index (χ0) is 40.0. The Bertz CT molecular complexity index is 1460. The van der Waals surface area contributed by atoms with Crippen molar-refractivity contribution in [1.29, 1.82) is 0 Å². The van der Waals surface area contributed by atoms with Crippen LogP contribution in [0.1, 0.15) is 109 Å². The van der Waals surface area contributed by atoms with Crippen molar-refractivity contribution in [3.05, 3.63) is 58.1 Å². The summed E-state index contributed by atoms with van der Waals surface area (Å²) in [7, 11) is 1.21. The van der Waals surface area contributed by atoms with Crippen LogP contribution in [0.4, 0.5) is 0 Å². The number of halogens is 1. The van der Waals surface area contributed by atoms with E-state index >= 15 is 0 Å². The summed E-state index contributed by atoms with van der Waals surface area (Å²) in [6.07, 6.45) is 3.90. The maximum absolute atomic E-state index is 13.3. The quantitative estimate of drug-likeness (QED) is 0.0835. The Morgan fingerprint density at radius 3 is 2.53 bits per heavy atom. The summed E-state index contributed by atoms with van der Waals surface area (Å²) in [5, 5.41) is 33.7. The van der Waals surface area contributed by atoms with Crippen molar-refractivity contribution in [1.82, 2.24) is 0 Å². The van der Waals surface area contributed by atoms with Crippen molar-refractivity contribution in [2.75, 3.05) is 26.9 Å². The summed E-state index contributed by atoms with van der Waals surface area (Å²) in [5.74, 6) is -4.31. The first-order valence-corrected chi connectivity index (χ1v) is 20.3. The first-order chi connectivity index (χ1) is 26.3. The van der Waals surface area contributed by atoms with Gasteiger partial charge in [-0.2, -0.15) is 0 Å². The van der Waals surface area contributed by atoms with E-state index < -0.39 is 72.5 Å². The number of hydrogen-bond donors (Lipinski definition) is 3. The van der Waals surface area contributed by atoms with Gasteiger partial charge in [-0.3, -0.25) is 9.59 Å². The predicted molar refractivity (Wildman–Crippen MR) is 204 cm³/mol. The smallest absolute Gasteiger partial charge is 0.330 e. The maximum atomic E-state index is 13.3. The number of fused-ring (bicyclic) bond motifs is 4. The number of hydrogen-bond acceptors (Lipinski definition) is 13. The first kappa shape index (κ1) is 45.0. The van der Waals surface area contributed by atoms with Crippen LogP contribution in [0.3, 0.4) is 0 Å². The number of methoxy groups -OCH3 is 1. The summed E-state index contributed by atoms with van der Waals surface area (Å²) >= 11 is 3.53. The van der Waals surface area contributed by atoms with Crippen LogP contribution in [0.2, 0.25) is 0 Å². The standard InChI is InChI=1S/C41H59BrO13/c1-5-6-7-8-9-13-35(45)54-39-28(22-36(46)49-4)21-32-24-33(26-43)52-37(47)23-30(44)15-18-50-34(27-11-10-12-29(42)20-27)25-31-16-19-51-38(53-31)14-17-40(2,3)41(39,48)55-32/h10-12,14,17,20,22,30-34,38-39,43-44,48H,5-9,13,15-16,18-19,21,23-26H2,1-4H3/b17-14+,28-22+/t30-,31+,32+,33-,34+,38+,39+,41-/m1/s1. The second kappa shape index (κ2) is 21.7. The minimum atomic E-state index is -2.28. The Morgan fingerprint density at radius 2 is 1.80 bits per heavy atom. The largest absolute Gasteiger partial charge is 0.466 e. The van der Waals surface area contributed by atoms with Crippen molar-refractivity contribution in [3.63, 3.8) is 0 Å². The molecular weight excluding hydrogens is 780 g/mol. The third-order valence-electron chi connectivity index (χ3n) is 10.3. The lowest BCUT2D eigenvalue weighted by Gasteiger charge is -2.51. The molecule has 3 aliphatic heterocycles. The fourth-order valence-corrected chi connectivity index (χ4v) is 7.48. The fraction of sp³-hybridized carbons (Fsp3) is 0.683. The number of carbonyl (C=O) groups is 3. The molecule has 2 saturated heterocycles. The molecule has 1 aromatic carbocycles. The Balaban J connectivity index is 1.70.